The van der Waals surface area contributed by atoms with Crippen molar-refractivity contribution in [1.29, 1.82) is 0 Å². The highest BCUT2D eigenvalue weighted by Crippen LogP contribution is 2.27. The molecule has 0 spiro atoms. The zero-order valence-corrected chi connectivity index (χ0v) is 10.7. The zero-order chi connectivity index (χ0) is 12.3. The SMILES string of the molecule is CCC(O)C(c1ccc(C)cc1)S(C)(=O)=O. The normalized spacial score (nSPS) is 15.8. The predicted octanol–water partition coefficient (Wildman–Crippen LogP) is 1.85. The van der Waals surface area contributed by atoms with Gasteiger partial charge in [0.2, 0.25) is 0 Å². The number of hydrogen-bond donors (Lipinski definition) is 1. The first-order valence-electron chi connectivity index (χ1n) is 5.29. The van der Waals surface area contributed by atoms with Gasteiger partial charge in [0.05, 0.1) is 6.10 Å². The molecule has 4 heteroatoms. The van der Waals surface area contributed by atoms with Crippen molar-refractivity contribution in [2.45, 2.75) is 31.6 Å². The summed E-state index contributed by atoms with van der Waals surface area (Å²) in [5, 5.41) is 8.98. The van der Waals surface area contributed by atoms with E-state index in [0.717, 1.165) is 11.8 Å². The Morgan fingerprint density at radius 1 is 1.25 bits per heavy atom. The van der Waals surface area contributed by atoms with Gasteiger partial charge in [-0.25, -0.2) is 8.42 Å². The van der Waals surface area contributed by atoms with Crippen molar-refractivity contribution in [2.24, 2.45) is 0 Å². The first-order valence-corrected chi connectivity index (χ1v) is 7.25. The van der Waals surface area contributed by atoms with Crippen LogP contribution < -0.4 is 0 Å². The van der Waals surface area contributed by atoms with E-state index < -0.39 is 21.2 Å². The Hall–Kier alpha value is -0.870. The minimum Gasteiger partial charge on any atom is -0.391 e. The summed E-state index contributed by atoms with van der Waals surface area (Å²) in [6.45, 7) is 3.71. The number of sulfone groups is 1. The molecular formula is C12H18O3S. The van der Waals surface area contributed by atoms with Crippen molar-refractivity contribution in [3.63, 3.8) is 0 Å². The molecule has 1 aromatic rings. The molecule has 0 aliphatic rings. The quantitative estimate of drug-likeness (QED) is 0.876. The molecule has 3 nitrogen and oxygen atoms in total. The average molecular weight is 242 g/mol. The highest BCUT2D eigenvalue weighted by Gasteiger charge is 2.29. The molecular weight excluding hydrogens is 224 g/mol. The molecule has 0 aromatic heterocycles. The van der Waals surface area contributed by atoms with Crippen molar-refractivity contribution in [3.8, 4) is 0 Å². The summed E-state index contributed by atoms with van der Waals surface area (Å²) in [5.74, 6) is 0. The van der Waals surface area contributed by atoms with Crippen LogP contribution >= 0.6 is 0 Å². The highest BCUT2D eigenvalue weighted by atomic mass is 32.2. The second kappa shape index (κ2) is 4.97. The van der Waals surface area contributed by atoms with Crippen molar-refractivity contribution >= 4 is 9.84 Å². The molecule has 1 aromatic carbocycles. The Balaban J connectivity index is 3.17. The Morgan fingerprint density at radius 3 is 2.12 bits per heavy atom. The van der Waals surface area contributed by atoms with E-state index in [1.165, 1.54) is 0 Å². The van der Waals surface area contributed by atoms with Crippen molar-refractivity contribution in [3.05, 3.63) is 35.4 Å². The Labute approximate surface area is 97.0 Å². The predicted molar refractivity (Wildman–Crippen MR) is 65.1 cm³/mol. The van der Waals surface area contributed by atoms with Crippen LogP contribution in [0.15, 0.2) is 24.3 Å². The van der Waals surface area contributed by atoms with E-state index in [4.69, 9.17) is 0 Å². The van der Waals surface area contributed by atoms with E-state index in [0.29, 0.717) is 12.0 Å². The zero-order valence-electron chi connectivity index (χ0n) is 9.84. The Morgan fingerprint density at radius 2 is 1.75 bits per heavy atom. The second-order valence-corrected chi connectivity index (χ2v) is 6.30. The van der Waals surface area contributed by atoms with Crippen LogP contribution in [0.5, 0.6) is 0 Å². The third-order valence-electron chi connectivity index (χ3n) is 2.63. The summed E-state index contributed by atoms with van der Waals surface area (Å²) in [4.78, 5) is 0. The van der Waals surface area contributed by atoms with Crippen molar-refractivity contribution in [1.82, 2.24) is 0 Å². The average Bonchev–Trinajstić information content (AvgIpc) is 2.19. The number of aliphatic hydroxyl groups is 1. The van der Waals surface area contributed by atoms with Gasteiger partial charge in [-0.3, -0.25) is 0 Å². The van der Waals surface area contributed by atoms with Crippen molar-refractivity contribution < 1.29 is 13.5 Å². The number of aryl methyl sites for hydroxylation is 1. The molecule has 1 rings (SSSR count). The third kappa shape index (κ3) is 3.06. The van der Waals surface area contributed by atoms with Gasteiger partial charge < -0.3 is 5.11 Å². The van der Waals surface area contributed by atoms with Crippen LogP contribution in [0, 0.1) is 6.92 Å². The maximum atomic E-state index is 11.7. The van der Waals surface area contributed by atoms with Gasteiger partial charge in [-0.15, -0.1) is 0 Å². The standard InChI is InChI=1S/C12H18O3S/c1-4-11(13)12(16(3,14)15)10-7-5-9(2)6-8-10/h5-8,11-13H,4H2,1-3H3. The lowest BCUT2D eigenvalue weighted by atomic mass is 10.0. The first-order chi connectivity index (χ1) is 7.36. The van der Waals surface area contributed by atoms with E-state index in [1.54, 1.807) is 19.1 Å². The van der Waals surface area contributed by atoms with Gasteiger partial charge in [-0.05, 0) is 18.9 Å². The lowest BCUT2D eigenvalue weighted by Crippen LogP contribution is -2.25. The first kappa shape index (κ1) is 13.2. The maximum absolute atomic E-state index is 11.7. The molecule has 0 heterocycles. The Kier molecular flexibility index (Phi) is 4.10. The number of benzene rings is 1. The molecule has 0 radical (unpaired) electrons. The molecule has 16 heavy (non-hydrogen) atoms. The molecule has 0 fully saturated rings. The van der Waals surface area contributed by atoms with Crippen LogP contribution in [0.25, 0.3) is 0 Å². The van der Waals surface area contributed by atoms with Crippen LogP contribution in [-0.4, -0.2) is 25.9 Å². The van der Waals surface area contributed by atoms with Gasteiger partial charge in [0, 0.05) is 6.26 Å². The summed E-state index contributed by atoms with van der Waals surface area (Å²) < 4.78 is 23.3. The lowest BCUT2D eigenvalue weighted by Gasteiger charge is -2.20. The smallest absolute Gasteiger partial charge is 0.157 e. The molecule has 0 saturated carbocycles. The molecule has 2 atom stereocenters. The largest absolute Gasteiger partial charge is 0.391 e. The minimum atomic E-state index is -3.29. The molecule has 2 unspecified atom stereocenters. The van der Waals surface area contributed by atoms with Crippen LogP contribution in [0.1, 0.15) is 29.7 Å². The van der Waals surface area contributed by atoms with E-state index in [1.807, 2.05) is 19.1 Å². The van der Waals surface area contributed by atoms with Crippen molar-refractivity contribution in [2.75, 3.05) is 6.26 Å². The minimum absolute atomic E-state index is 0.422. The van der Waals surface area contributed by atoms with E-state index in [2.05, 4.69) is 0 Å². The van der Waals surface area contributed by atoms with E-state index >= 15 is 0 Å². The Bertz CT molecular complexity index is 434. The van der Waals surface area contributed by atoms with Gasteiger partial charge in [-0.1, -0.05) is 36.8 Å². The van der Waals surface area contributed by atoms with Gasteiger partial charge in [0.1, 0.15) is 5.25 Å². The second-order valence-electron chi connectivity index (χ2n) is 4.14. The summed E-state index contributed by atoms with van der Waals surface area (Å²) in [7, 11) is -3.29. The molecule has 0 amide bonds. The fourth-order valence-electron chi connectivity index (χ4n) is 1.72. The number of hydrogen-bond acceptors (Lipinski definition) is 3. The van der Waals surface area contributed by atoms with Crippen LogP contribution in [0.2, 0.25) is 0 Å². The fraction of sp³-hybridized carbons (Fsp3) is 0.500. The summed E-state index contributed by atoms with van der Waals surface area (Å²) in [6.07, 6.45) is 0.736. The highest BCUT2D eigenvalue weighted by molar-refractivity contribution is 7.91. The van der Waals surface area contributed by atoms with E-state index in [9.17, 15) is 13.5 Å². The third-order valence-corrected chi connectivity index (χ3v) is 4.14. The monoisotopic (exact) mass is 242 g/mol. The molecule has 90 valence electrons. The molecule has 0 saturated heterocycles. The fourth-order valence-corrected chi connectivity index (χ4v) is 3.14. The van der Waals surface area contributed by atoms with Gasteiger partial charge in [0.15, 0.2) is 9.84 Å². The number of rotatable bonds is 4. The summed E-state index contributed by atoms with van der Waals surface area (Å²) in [5.41, 5.74) is 1.73. The molecule has 0 bridgehead atoms. The molecule has 0 aliphatic heterocycles. The van der Waals surface area contributed by atoms with Crippen LogP contribution in [0.4, 0.5) is 0 Å². The van der Waals surface area contributed by atoms with Gasteiger partial charge >= 0.3 is 0 Å². The van der Waals surface area contributed by atoms with Gasteiger partial charge in [-0.2, -0.15) is 0 Å². The topological polar surface area (TPSA) is 54.4 Å². The summed E-state index contributed by atoms with van der Waals surface area (Å²) >= 11 is 0. The lowest BCUT2D eigenvalue weighted by molar-refractivity contribution is 0.164. The van der Waals surface area contributed by atoms with Crippen LogP contribution in [0.3, 0.4) is 0 Å². The molecule has 0 aliphatic carbocycles. The van der Waals surface area contributed by atoms with Crippen LogP contribution in [-0.2, 0) is 9.84 Å². The summed E-state index contributed by atoms with van der Waals surface area (Å²) in [6, 6.07) is 7.24. The number of aliphatic hydroxyl groups excluding tert-OH is 1. The van der Waals surface area contributed by atoms with Gasteiger partial charge in [0.25, 0.3) is 0 Å². The molecule has 1 N–H and O–H groups in total. The van der Waals surface area contributed by atoms with E-state index in [-0.39, 0.29) is 0 Å². The maximum Gasteiger partial charge on any atom is 0.157 e.